The molecule has 0 aromatic carbocycles. The first-order valence-corrected chi connectivity index (χ1v) is 7.60. The summed E-state index contributed by atoms with van der Waals surface area (Å²) < 4.78 is 0. The second-order valence-corrected chi connectivity index (χ2v) is 6.42. The van der Waals surface area contributed by atoms with Gasteiger partial charge in [0.05, 0.1) is 5.92 Å². The van der Waals surface area contributed by atoms with Gasteiger partial charge in [-0.15, -0.1) is 11.3 Å². The number of carbonyl (C=O) groups is 2. The van der Waals surface area contributed by atoms with Crippen molar-refractivity contribution in [3.05, 3.63) is 21.9 Å². The van der Waals surface area contributed by atoms with Crippen molar-refractivity contribution in [2.24, 2.45) is 11.8 Å². The number of fused-ring (bicyclic) bond motifs is 1. The fourth-order valence-electron chi connectivity index (χ4n) is 3.12. The minimum absolute atomic E-state index is 0.0821. The molecule has 0 radical (unpaired) electrons. The predicted molar refractivity (Wildman–Crippen MR) is 71.9 cm³/mol. The van der Waals surface area contributed by atoms with E-state index >= 15 is 0 Å². The zero-order valence-corrected chi connectivity index (χ0v) is 11.5. The molecule has 0 saturated heterocycles. The van der Waals surface area contributed by atoms with Gasteiger partial charge < -0.3 is 10.0 Å². The number of nitrogens with zero attached hydrogens (tertiary/aromatic N) is 1. The summed E-state index contributed by atoms with van der Waals surface area (Å²) in [6, 6.07) is 2.09. The summed E-state index contributed by atoms with van der Waals surface area (Å²) in [6.07, 6.45) is 2.82. The van der Waals surface area contributed by atoms with E-state index in [1.807, 2.05) is 4.90 Å². The Morgan fingerprint density at radius 3 is 2.84 bits per heavy atom. The number of carboxylic acid groups (broad SMARTS) is 1. The maximum absolute atomic E-state index is 12.4. The Labute approximate surface area is 116 Å². The van der Waals surface area contributed by atoms with Crippen LogP contribution < -0.4 is 0 Å². The maximum atomic E-state index is 12.4. The van der Waals surface area contributed by atoms with E-state index in [0.717, 1.165) is 19.4 Å². The number of amides is 1. The summed E-state index contributed by atoms with van der Waals surface area (Å²) in [5.41, 5.74) is 1.26. The lowest BCUT2D eigenvalue weighted by atomic mass is 10.0. The molecule has 1 amide bonds. The highest BCUT2D eigenvalue weighted by Crippen LogP contribution is 2.34. The summed E-state index contributed by atoms with van der Waals surface area (Å²) in [7, 11) is 0. The van der Waals surface area contributed by atoms with E-state index in [2.05, 4.69) is 11.4 Å². The Balaban J connectivity index is 1.65. The van der Waals surface area contributed by atoms with E-state index in [-0.39, 0.29) is 17.7 Å². The topological polar surface area (TPSA) is 57.6 Å². The lowest BCUT2D eigenvalue weighted by Crippen LogP contribution is -2.38. The first-order valence-electron chi connectivity index (χ1n) is 6.72. The summed E-state index contributed by atoms with van der Waals surface area (Å²) in [5.74, 6) is -1.01. The number of thiophene rings is 1. The lowest BCUT2D eigenvalue weighted by Gasteiger charge is -2.29. The van der Waals surface area contributed by atoms with Gasteiger partial charge in [-0.25, -0.2) is 0 Å². The monoisotopic (exact) mass is 279 g/mol. The SMILES string of the molecule is O=C(O)[C@@H]1CC[C@H](C(=O)N2CCc3sccc3C2)C1. The average Bonchev–Trinajstić information content (AvgIpc) is 3.06. The quantitative estimate of drug-likeness (QED) is 0.902. The van der Waals surface area contributed by atoms with E-state index in [1.165, 1.54) is 10.4 Å². The van der Waals surface area contributed by atoms with E-state index in [9.17, 15) is 9.59 Å². The van der Waals surface area contributed by atoms with Crippen molar-refractivity contribution in [2.45, 2.75) is 32.2 Å². The van der Waals surface area contributed by atoms with Crippen LogP contribution in [0.4, 0.5) is 0 Å². The summed E-state index contributed by atoms with van der Waals surface area (Å²) in [5, 5.41) is 11.1. The Morgan fingerprint density at radius 1 is 1.32 bits per heavy atom. The van der Waals surface area contributed by atoms with Crippen molar-refractivity contribution in [1.29, 1.82) is 0 Å². The predicted octanol–water partition coefficient (Wildman–Crippen LogP) is 2.13. The van der Waals surface area contributed by atoms with Crippen LogP contribution in [0.1, 0.15) is 29.7 Å². The summed E-state index contributed by atoms with van der Waals surface area (Å²) >= 11 is 1.76. The second kappa shape index (κ2) is 4.96. The Kier molecular flexibility index (Phi) is 3.31. The molecule has 1 N–H and O–H groups in total. The third-order valence-electron chi connectivity index (χ3n) is 4.25. The molecule has 0 spiro atoms. The molecule has 1 aromatic rings. The molecule has 1 aliphatic carbocycles. The van der Waals surface area contributed by atoms with Crippen molar-refractivity contribution in [1.82, 2.24) is 4.90 Å². The van der Waals surface area contributed by atoms with Crippen molar-refractivity contribution >= 4 is 23.2 Å². The first kappa shape index (κ1) is 12.7. The second-order valence-electron chi connectivity index (χ2n) is 5.42. The van der Waals surface area contributed by atoms with Crippen LogP contribution in [-0.4, -0.2) is 28.4 Å². The molecule has 102 valence electrons. The van der Waals surface area contributed by atoms with Gasteiger partial charge in [-0.3, -0.25) is 9.59 Å². The molecule has 2 heterocycles. The van der Waals surface area contributed by atoms with Crippen LogP contribution in [0.5, 0.6) is 0 Å². The molecule has 3 rings (SSSR count). The molecule has 0 bridgehead atoms. The Hall–Kier alpha value is -1.36. The van der Waals surface area contributed by atoms with Gasteiger partial charge in [0.25, 0.3) is 0 Å². The van der Waals surface area contributed by atoms with E-state index in [0.29, 0.717) is 19.4 Å². The van der Waals surface area contributed by atoms with Gasteiger partial charge in [-0.05, 0) is 42.7 Å². The normalized spacial score (nSPS) is 26.2. The molecular weight excluding hydrogens is 262 g/mol. The molecule has 1 aliphatic heterocycles. The van der Waals surface area contributed by atoms with Gasteiger partial charge >= 0.3 is 5.97 Å². The molecule has 0 unspecified atom stereocenters. The number of carboxylic acids is 1. The molecule has 5 heteroatoms. The van der Waals surface area contributed by atoms with Gasteiger partial charge in [0, 0.05) is 23.9 Å². The number of rotatable bonds is 2. The molecular formula is C14H17NO3S. The molecule has 4 nitrogen and oxygen atoms in total. The van der Waals surface area contributed by atoms with E-state index in [4.69, 9.17) is 5.11 Å². The number of aliphatic carboxylic acids is 1. The van der Waals surface area contributed by atoms with Crippen molar-refractivity contribution in [3.8, 4) is 0 Å². The van der Waals surface area contributed by atoms with Gasteiger partial charge in [0.2, 0.25) is 5.91 Å². The summed E-state index contributed by atoms with van der Waals surface area (Å²) in [6.45, 7) is 1.48. The van der Waals surface area contributed by atoms with Gasteiger partial charge in [-0.1, -0.05) is 0 Å². The highest BCUT2D eigenvalue weighted by Gasteiger charge is 2.36. The van der Waals surface area contributed by atoms with Crippen molar-refractivity contribution in [3.63, 3.8) is 0 Å². The standard InChI is InChI=1S/C14H17NO3S/c16-13(9-1-2-10(7-9)14(17)18)15-5-3-12-11(8-15)4-6-19-12/h4,6,9-10H,1-3,5,7-8H2,(H,17,18)/t9-,10+/m0/s1. The molecule has 2 atom stereocenters. The number of carbonyl (C=O) groups excluding carboxylic acids is 1. The van der Waals surface area contributed by atoms with Crippen LogP contribution >= 0.6 is 11.3 Å². The molecule has 2 aliphatic rings. The highest BCUT2D eigenvalue weighted by molar-refractivity contribution is 7.10. The minimum Gasteiger partial charge on any atom is -0.481 e. The lowest BCUT2D eigenvalue weighted by molar-refractivity contribution is -0.141. The number of hydrogen-bond donors (Lipinski definition) is 1. The van der Waals surface area contributed by atoms with Gasteiger partial charge in [0.1, 0.15) is 0 Å². The molecule has 1 aromatic heterocycles. The molecule has 19 heavy (non-hydrogen) atoms. The van der Waals surface area contributed by atoms with E-state index < -0.39 is 5.97 Å². The minimum atomic E-state index is -0.755. The smallest absolute Gasteiger partial charge is 0.306 e. The van der Waals surface area contributed by atoms with Crippen LogP contribution in [0.25, 0.3) is 0 Å². The zero-order chi connectivity index (χ0) is 13.4. The first-order chi connectivity index (χ1) is 9.15. The van der Waals surface area contributed by atoms with Crippen LogP contribution in [-0.2, 0) is 22.6 Å². The summed E-state index contributed by atoms with van der Waals surface area (Å²) in [4.78, 5) is 26.7. The third-order valence-corrected chi connectivity index (χ3v) is 5.27. The van der Waals surface area contributed by atoms with Crippen LogP contribution in [0, 0.1) is 11.8 Å². The highest BCUT2D eigenvalue weighted by atomic mass is 32.1. The number of hydrogen-bond acceptors (Lipinski definition) is 3. The van der Waals surface area contributed by atoms with E-state index in [1.54, 1.807) is 11.3 Å². The fourth-order valence-corrected chi connectivity index (χ4v) is 4.01. The third kappa shape index (κ3) is 2.39. The fraction of sp³-hybridized carbons (Fsp3) is 0.571. The van der Waals surface area contributed by atoms with Gasteiger partial charge in [-0.2, -0.15) is 0 Å². The Morgan fingerprint density at radius 2 is 2.11 bits per heavy atom. The molecule has 1 saturated carbocycles. The van der Waals surface area contributed by atoms with Crippen LogP contribution in [0.3, 0.4) is 0 Å². The molecule has 1 fully saturated rings. The van der Waals surface area contributed by atoms with Crippen LogP contribution in [0.15, 0.2) is 11.4 Å². The average molecular weight is 279 g/mol. The zero-order valence-electron chi connectivity index (χ0n) is 10.7. The van der Waals surface area contributed by atoms with Crippen molar-refractivity contribution in [2.75, 3.05) is 6.54 Å². The largest absolute Gasteiger partial charge is 0.481 e. The maximum Gasteiger partial charge on any atom is 0.306 e. The Bertz CT molecular complexity index is 511. The van der Waals surface area contributed by atoms with Crippen molar-refractivity contribution < 1.29 is 14.7 Å². The van der Waals surface area contributed by atoms with Crippen LogP contribution in [0.2, 0.25) is 0 Å². The van der Waals surface area contributed by atoms with Gasteiger partial charge in [0.15, 0.2) is 0 Å².